The Hall–Kier alpha value is -1.40. The lowest BCUT2D eigenvalue weighted by Gasteiger charge is -2.21. The van der Waals surface area contributed by atoms with Gasteiger partial charge in [-0.05, 0) is 34.4 Å². The van der Waals surface area contributed by atoms with Crippen molar-refractivity contribution < 1.29 is 22.5 Å². The van der Waals surface area contributed by atoms with Gasteiger partial charge in [-0.25, -0.2) is 4.79 Å². The molecule has 0 bridgehead atoms. The second kappa shape index (κ2) is 8.12. The lowest BCUT2D eigenvalue weighted by atomic mass is 9.84. The van der Waals surface area contributed by atoms with Gasteiger partial charge >= 0.3 is 5.97 Å². The van der Waals surface area contributed by atoms with Crippen LogP contribution in [-0.4, -0.2) is 31.3 Å². The Balaban J connectivity index is 3.30. The second-order valence-corrected chi connectivity index (χ2v) is 8.53. The highest BCUT2D eigenvalue weighted by Crippen LogP contribution is 2.32. The van der Waals surface area contributed by atoms with Gasteiger partial charge in [0.1, 0.15) is 12.4 Å². The summed E-state index contributed by atoms with van der Waals surface area (Å²) in [6, 6.07) is 4.06. The number of rotatable bonds is 7. The van der Waals surface area contributed by atoms with Crippen LogP contribution in [0.5, 0.6) is 0 Å². The van der Waals surface area contributed by atoms with Crippen molar-refractivity contribution in [1.29, 1.82) is 0 Å². The zero-order valence-electron chi connectivity index (χ0n) is 15.3. The van der Waals surface area contributed by atoms with E-state index in [0.717, 1.165) is 16.7 Å². The molecule has 0 saturated heterocycles. The highest BCUT2D eigenvalue weighted by Gasteiger charge is 2.23. The first kappa shape index (κ1) is 20.6. The molecule has 0 aliphatic rings. The first-order chi connectivity index (χ1) is 10.9. The summed E-state index contributed by atoms with van der Waals surface area (Å²) in [4.78, 5) is 12.6. The van der Waals surface area contributed by atoms with E-state index in [9.17, 15) is 13.2 Å². The summed E-state index contributed by atoms with van der Waals surface area (Å²) in [5.74, 6) is -0.543. The monoisotopic (exact) mass is 356 g/mol. The Morgan fingerprint density at radius 3 is 1.79 bits per heavy atom. The van der Waals surface area contributed by atoms with Crippen molar-refractivity contribution >= 4 is 16.1 Å². The van der Waals surface area contributed by atoms with Gasteiger partial charge in [-0.3, -0.25) is 4.55 Å². The lowest BCUT2D eigenvalue weighted by molar-refractivity contribution is 0.0524. The van der Waals surface area contributed by atoms with Crippen LogP contribution in [0.15, 0.2) is 12.1 Å². The average Bonchev–Trinajstić information content (AvgIpc) is 2.43. The van der Waals surface area contributed by atoms with Gasteiger partial charge in [0.15, 0.2) is 0 Å². The van der Waals surface area contributed by atoms with E-state index in [1.807, 2.05) is 39.8 Å². The number of ether oxygens (including phenoxy) is 1. The summed E-state index contributed by atoms with van der Waals surface area (Å²) >= 11 is 0. The fourth-order valence-corrected chi connectivity index (χ4v) is 2.80. The molecule has 0 amide bonds. The molecule has 5 nitrogen and oxygen atoms in total. The summed E-state index contributed by atoms with van der Waals surface area (Å²) in [5, 5.41) is 0. The van der Waals surface area contributed by atoms with Crippen molar-refractivity contribution in [2.75, 3.05) is 12.4 Å². The van der Waals surface area contributed by atoms with Crippen molar-refractivity contribution in [2.24, 2.45) is 0 Å². The van der Waals surface area contributed by atoms with Gasteiger partial charge in [-0.1, -0.05) is 53.7 Å². The van der Waals surface area contributed by atoms with E-state index < -0.39 is 21.8 Å². The molecule has 6 heteroatoms. The Labute approximate surface area is 145 Å². The third-order valence-electron chi connectivity index (χ3n) is 3.91. The lowest BCUT2D eigenvalue weighted by Crippen LogP contribution is -2.18. The minimum atomic E-state index is -4.15. The minimum Gasteiger partial charge on any atom is -0.461 e. The van der Waals surface area contributed by atoms with Crippen LogP contribution in [0.25, 0.3) is 0 Å². The fraction of sp³-hybridized carbons (Fsp3) is 0.611. The van der Waals surface area contributed by atoms with E-state index in [2.05, 4.69) is 13.8 Å². The molecule has 0 aromatic heterocycles. The summed E-state index contributed by atoms with van der Waals surface area (Å²) in [6.07, 6.45) is 0. The Kier molecular flexibility index (Phi) is 6.98. The van der Waals surface area contributed by atoms with Crippen molar-refractivity contribution in [2.45, 2.75) is 59.3 Å². The highest BCUT2D eigenvalue weighted by molar-refractivity contribution is 7.85. The zero-order chi connectivity index (χ0) is 18.7. The molecule has 0 atom stereocenters. The predicted octanol–water partition coefficient (Wildman–Crippen LogP) is 4.10. The minimum absolute atomic E-state index is 0.130. The number of carbonyl (C=O) groups excluding carboxylic acids is 1. The van der Waals surface area contributed by atoms with Crippen molar-refractivity contribution in [3.05, 3.63) is 34.4 Å². The summed E-state index contributed by atoms with van der Waals surface area (Å²) in [7, 11) is -4.15. The first-order valence-corrected chi connectivity index (χ1v) is 9.85. The number of carbonyl (C=O) groups is 1. The largest absolute Gasteiger partial charge is 0.461 e. The molecule has 0 saturated carbocycles. The van der Waals surface area contributed by atoms with E-state index in [0.29, 0.717) is 11.5 Å². The molecule has 1 rings (SSSR count). The second-order valence-electron chi connectivity index (χ2n) is 6.96. The first-order valence-electron chi connectivity index (χ1n) is 8.24. The molecule has 0 unspecified atom stereocenters. The van der Waals surface area contributed by atoms with Gasteiger partial charge < -0.3 is 4.74 Å². The van der Waals surface area contributed by atoms with Crippen molar-refractivity contribution in [1.82, 2.24) is 0 Å². The molecule has 1 N–H and O–H groups in total. The standard InChI is InChI=1S/C18H28O5S/c1-11(2)14-9-15(12(3)4)17(16(10-14)13(5)6)18(19)23-7-8-24(20,21)22/h9-13H,7-8H2,1-6H3,(H,20,21,22). The van der Waals surface area contributed by atoms with Crippen LogP contribution in [0.2, 0.25) is 0 Å². The number of hydrogen-bond acceptors (Lipinski definition) is 4. The number of hydrogen-bond donors (Lipinski definition) is 1. The van der Waals surface area contributed by atoms with E-state index in [1.54, 1.807) is 0 Å². The Morgan fingerprint density at radius 1 is 1.00 bits per heavy atom. The molecule has 0 radical (unpaired) electrons. The molecule has 0 heterocycles. The summed E-state index contributed by atoms with van der Waals surface area (Å²) in [5.41, 5.74) is 3.49. The molecule has 1 aromatic carbocycles. The molecule has 0 aliphatic carbocycles. The Morgan fingerprint density at radius 2 is 1.46 bits per heavy atom. The molecule has 136 valence electrons. The van der Waals surface area contributed by atoms with E-state index in [-0.39, 0.29) is 18.4 Å². The molecular weight excluding hydrogens is 328 g/mol. The van der Waals surface area contributed by atoms with Crippen LogP contribution in [0, 0.1) is 0 Å². The van der Waals surface area contributed by atoms with Crippen LogP contribution in [0.3, 0.4) is 0 Å². The maximum absolute atomic E-state index is 12.6. The third-order valence-corrected chi connectivity index (χ3v) is 4.59. The van der Waals surface area contributed by atoms with Crippen LogP contribution in [-0.2, 0) is 14.9 Å². The van der Waals surface area contributed by atoms with Crippen LogP contribution in [0.1, 0.15) is 86.3 Å². The number of esters is 1. The van der Waals surface area contributed by atoms with Crippen LogP contribution < -0.4 is 0 Å². The summed E-state index contributed by atoms with van der Waals surface area (Å²) in [6.45, 7) is 11.9. The molecular formula is C18H28O5S. The van der Waals surface area contributed by atoms with Gasteiger partial charge in [0.05, 0.1) is 5.56 Å². The quantitative estimate of drug-likeness (QED) is 0.587. The predicted molar refractivity (Wildman–Crippen MR) is 95.4 cm³/mol. The smallest absolute Gasteiger partial charge is 0.338 e. The molecule has 0 fully saturated rings. The van der Waals surface area contributed by atoms with Gasteiger partial charge in [0.2, 0.25) is 0 Å². The normalized spacial score (nSPS) is 12.2. The van der Waals surface area contributed by atoms with Crippen molar-refractivity contribution in [3.8, 4) is 0 Å². The Bertz CT molecular complexity index is 658. The van der Waals surface area contributed by atoms with Gasteiger partial charge in [-0.2, -0.15) is 8.42 Å². The van der Waals surface area contributed by atoms with Gasteiger partial charge in [0.25, 0.3) is 10.1 Å². The third kappa shape index (κ3) is 5.60. The molecule has 0 spiro atoms. The number of benzene rings is 1. The van der Waals surface area contributed by atoms with Crippen molar-refractivity contribution in [3.63, 3.8) is 0 Å². The van der Waals surface area contributed by atoms with E-state index in [4.69, 9.17) is 9.29 Å². The zero-order valence-corrected chi connectivity index (χ0v) is 16.1. The summed E-state index contributed by atoms with van der Waals surface area (Å²) < 4.78 is 35.4. The van der Waals surface area contributed by atoms with Gasteiger partial charge in [-0.15, -0.1) is 0 Å². The van der Waals surface area contributed by atoms with E-state index >= 15 is 0 Å². The highest BCUT2D eigenvalue weighted by atomic mass is 32.2. The van der Waals surface area contributed by atoms with Gasteiger partial charge in [0, 0.05) is 0 Å². The maximum Gasteiger partial charge on any atom is 0.338 e. The molecule has 1 aromatic rings. The fourth-order valence-electron chi connectivity index (χ4n) is 2.50. The maximum atomic E-state index is 12.6. The van der Waals surface area contributed by atoms with Crippen LogP contribution in [0.4, 0.5) is 0 Å². The van der Waals surface area contributed by atoms with Crippen LogP contribution >= 0.6 is 0 Å². The van der Waals surface area contributed by atoms with E-state index in [1.165, 1.54) is 0 Å². The SMILES string of the molecule is CC(C)c1cc(C(C)C)c(C(=O)OCCS(=O)(=O)O)c(C(C)C)c1. The topological polar surface area (TPSA) is 80.7 Å². The molecule has 24 heavy (non-hydrogen) atoms. The average molecular weight is 356 g/mol. The molecule has 0 aliphatic heterocycles.